The summed E-state index contributed by atoms with van der Waals surface area (Å²) >= 11 is 0. The average Bonchev–Trinajstić information content (AvgIpc) is 3.17. The number of benzene rings is 2. The molecular formula is C23H26N4O3. The van der Waals surface area contributed by atoms with E-state index in [0.29, 0.717) is 18.5 Å². The number of aryl methyl sites for hydroxylation is 1. The van der Waals surface area contributed by atoms with E-state index >= 15 is 0 Å². The molecule has 0 saturated carbocycles. The van der Waals surface area contributed by atoms with Crippen LogP contribution in [-0.4, -0.2) is 42.3 Å². The molecule has 7 nitrogen and oxygen atoms in total. The lowest BCUT2D eigenvalue weighted by Crippen LogP contribution is -2.47. The molecule has 2 aromatic carbocycles. The smallest absolute Gasteiger partial charge is 0.269 e. The van der Waals surface area contributed by atoms with E-state index in [1.807, 2.05) is 29.2 Å². The largest absolute Gasteiger partial charge is 0.362 e. The number of carbonyl (C=O) groups is 3. The monoisotopic (exact) mass is 406 g/mol. The quantitative estimate of drug-likeness (QED) is 0.745. The van der Waals surface area contributed by atoms with Gasteiger partial charge in [-0.05, 0) is 48.6 Å². The minimum atomic E-state index is -0.378. The van der Waals surface area contributed by atoms with Gasteiger partial charge in [0, 0.05) is 37.3 Å². The van der Waals surface area contributed by atoms with Gasteiger partial charge in [-0.15, -0.1) is 0 Å². The minimum absolute atomic E-state index is 0.149. The summed E-state index contributed by atoms with van der Waals surface area (Å²) in [6.07, 6.45) is 3.49. The molecule has 1 saturated heterocycles. The van der Waals surface area contributed by atoms with E-state index in [4.69, 9.17) is 0 Å². The second-order valence-electron chi connectivity index (χ2n) is 7.78. The first-order valence-electron chi connectivity index (χ1n) is 10.4. The number of likely N-dealkylation sites (tertiary alicyclic amines) is 1. The van der Waals surface area contributed by atoms with Crippen LogP contribution in [0.2, 0.25) is 0 Å². The number of nitrogens with zero attached hydrogens (tertiary/aromatic N) is 2. The molecule has 0 atom stereocenters. The van der Waals surface area contributed by atoms with Crippen molar-refractivity contribution in [1.82, 2.24) is 15.8 Å². The van der Waals surface area contributed by atoms with Crippen molar-refractivity contribution in [3.05, 3.63) is 65.2 Å². The Morgan fingerprint density at radius 2 is 1.70 bits per heavy atom. The predicted octanol–water partition coefficient (Wildman–Crippen LogP) is 2.02. The van der Waals surface area contributed by atoms with Gasteiger partial charge in [-0.1, -0.05) is 30.3 Å². The predicted molar refractivity (Wildman–Crippen MR) is 114 cm³/mol. The number of carbonyl (C=O) groups excluding carboxylic acids is 3. The molecule has 0 radical (unpaired) electrons. The number of hydrazine groups is 1. The molecule has 0 aromatic heterocycles. The fourth-order valence-corrected chi connectivity index (χ4v) is 4.09. The highest BCUT2D eigenvalue weighted by atomic mass is 16.2. The number of hydrogen-bond acceptors (Lipinski definition) is 4. The summed E-state index contributed by atoms with van der Waals surface area (Å²) in [4.78, 5) is 40.5. The molecule has 0 spiro atoms. The average molecular weight is 406 g/mol. The van der Waals surface area contributed by atoms with Gasteiger partial charge < -0.3 is 9.80 Å². The van der Waals surface area contributed by atoms with Crippen LogP contribution < -0.4 is 15.8 Å². The zero-order valence-corrected chi connectivity index (χ0v) is 16.9. The molecule has 0 unspecified atom stereocenters. The Morgan fingerprint density at radius 1 is 0.900 bits per heavy atom. The van der Waals surface area contributed by atoms with Gasteiger partial charge in [-0.2, -0.15) is 0 Å². The Balaban J connectivity index is 1.31. The number of nitrogens with one attached hydrogen (secondary N) is 2. The number of hydrogen-bond donors (Lipinski definition) is 2. The number of para-hydroxylation sites is 1. The number of anilines is 1. The van der Waals surface area contributed by atoms with Crippen LogP contribution in [0, 0.1) is 0 Å². The molecule has 1 fully saturated rings. The molecule has 0 aliphatic carbocycles. The van der Waals surface area contributed by atoms with Gasteiger partial charge in [0.15, 0.2) is 0 Å². The molecule has 2 N–H and O–H groups in total. The second-order valence-corrected chi connectivity index (χ2v) is 7.78. The van der Waals surface area contributed by atoms with Crippen molar-refractivity contribution in [2.24, 2.45) is 0 Å². The number of amides is 3. The van der Waals surface area contributed by atoms with Crippen molar-refractivity contribution in [2.45, 2.75) is 32.2 Å². The lowest BCUT2D eigenvalue weighted by Gasteiger charge is -2.30. The van der Waals surface area contributed by atoms with Crippen LogP contribution in [0.5, 0.6) is 0 Å². The standard InChI is InChI=1S/C23H26N4O3/c28-21(16-26-12-4-9-18-7-1-2-10-20(18)26)24-25-23(30)19-8-3-6-17(14-19)15-27-13-5-11-22(27)29/h1-3,6-8,10,14H,4-5,9,11-13,15-16H2,(H,24,28)(H,25,30). The molecule has 7 heteroatoms. The van der Waals surface area contributed by atoms with Crippen molar-refractivity contribution in [3.63, 3.8) is 0 Å². The summed E-state index contributed by atoms with van der Waals surface area (Å²) < 4.78 is 0. The normalized spacial score (nSPS) is 15.7. The van der Waals surface area contributed by atoms with E-state index in [1.54, 1.807) is 23.1 Å². The molecule has 2 aromatic rings. The van der Waals surface area contributed by atoms with Crippen molar-refractivity contribution in [3.8, 4) is 0 Å². The van der Waals surface area contributed by atoms with E-state index in [1.165, 1.54) is 5.56 Å². The third kappa shape index (κ3) is 4.62. The highest BCUT2D eigenvalue weighted by Gasteiger charge is 2.21. The van der Waals surface area contributed by atoms with Gasteiger partial charge in [-0.3, -0.25) is 25.2 Å². The summed E-state index contributed by atoms with van der Waals surface area (Å²) in [5.74, 6) is -0.493. The van der Waals surface area contributed by atoms with Crippen molar-refractivity contribution >= 4 is 23.4 Å². The Morgan fingerprint density at radius 3 is 2.53 bits per heavy atom. The molecule has 0 bridgehead atoms. The van der Waals surface area contributed by atoms with Crippen molar-refractivity contribution < 1.29 is 14.4 Å². The topological polar surface area (TPSA) is 81.8 Å². The summed E-state index contributed by atoms with van der Waals surface area (Å²) in [5, 5.41) is 0. The van der Waals surface area contributed by atoms with Crippen LogP contribution in [0.1, 0.15) is 40.7 Å². The highest BCUT2D eigenvalue weighted by Crippen LogP contribution is 2.26. The van der Waals surface area contributed by atoms with Gasteiger partial charge in [0.1, 0.15) is 0 Å². The van der Waals surface area contributed by atoms with E-state index in [-0.39, 0.29) is 24.3 Å². The lowest BCUT2D eigenvalue weighted by atomic mass is 10.0. The maximum atomic E-state index is 12.5. The fourth-order valence-electron chi connectivity index (χ4n) is 4.09. The molecular weight excluding hydrogens is 380 g/mol. The molecule has 2 aliphatic heterocycles. The van der Waals surface area contributed by atoms with Gasteiger partial charge >= 0.3 is 0 Å². The van der Waals surface area contributed by atoms with Gasteiger partial charge in [-0.25, -0.2) is 0 Å². The SMILES string of the molecule is O=C(CN1CCCc2ccccc21)NNC(=O)c1cccc(CN2CCCC2=O)c1. The Bertz CT molecular complexity index is 959. The number of rotatable bonds is 5. The van der Waals surface area contributed by atoms with Crippen LogP contribution in [0.15, 0.2) is 48.5 Å². The van der Waals surface area contributed by atoms with Crippen molar-refractivity contribution in [1.29, 1.82) is 0 Å². The lowest BCUT2D eigenvalue weighted by molar-refractivity contribution is -0.128. The first-order valence-corrected chi connectivity index (χ1v) is 10.4. The zero-order chi connectivity index (χ0) is 20.9. The van der Waals surface area contributed by atoms with Crippen LogP contribution in [0.3, 0.4) is 0 Å². The highest BCUT2D eigenvalue weighted by molar-refractivity contribution is 5.96. The maximum absolute atomic E-state index is 12.5. The minimum Gasteiger partial charge on any atom is -0.362 e. The molecule has 156 valence electrons. The van der Waals surface area contributed by atoms with Crippen molar-refractivity contribution in [2.75, 3.05) is 24.5 Å². The van der Waals surface area contributed by atoms with E-state index < -0.39 is 0 Å². The number of fused-ring (bicyclic) bond motifs is 1. The van der Waals surface area contributed by atoms with Crippen LogP contribution in [0.25, 0.3) is 0 Å². The maximum Gasteiger partial charge on any atom is 0.269 e. The Hall–Kier alpha value is -3.35. The molecule has 2 aliphatic rings. The van der Waals surface area contributed by atoms with Gasteiger partial charge in [0.25, 0.3) is 11.8 Å². The molecule has 3 amide bonds. The summed E-state index contributed by atoms with van der Waals surface area (Å²) in [6, 6.07) is 15.2. The third-order valence-electron chi connectivity index (χ3n) is 5.59. The van der Waals surface area contributed by atoms with E-state index in [0.717, 1.165) is 43.6 Å². The molecule has 30 heavy (non-hydrogen) atoms. The summed E-state index contributed by atoms with van der Waals surface area (Å²) in [6.45, 7) is 2.26. The van der Waals surface area contributed by atoms with Crippen LogP contribution in [-0.2, 0) is 22.6 Å². The van der Waals surface area contributed by atoms with Gasteiger partial charge in [0.05, 0.1) is 6.54 Å². The van der Waals surface area contributed by atoms with Crippen LogP contribution >= 0.6 is 0 Å². The summed E-state index contributed by atoms with van der Waals surface area (Å²) in [7, 11) is 0. The Kier molecular flexibility index (Phi) is 5.97. The van der Waals surface area contributed by atoms with Gasteiger partial charge in [0.2, 0.25) is 5.91 Å². The fraction of sp³-hybridized carbons (Fsp3) is 0.348. The zero-order valence-electron chi connectivity index (χ0n) is 16.9. The van der Waals surface area contributed by atoms with Crippen LogP contribution in [0.4, 0.5) is 5.69 Å². The van der Waals surface area contributed by atoms with E-state index in [9.17, 15) is 14.4 Å². The first kappa shape index (κ1) is 19.9. The summed E-state index contributed by atoms with van der Waals surface area (Å²) in [5.41, 5.74) is 8.68. The molecule has 4 rings (SSSR count). The van der Waals surface area contributed by atoms with E-state index in [2.05, 4.69) is 16.9 Å². The Labute approximate surface area is 176 Å². The first-order chi connectivity index (χ1) is 14.6. The molecule has 2 heterocycles. The second kappa shape index (κ2) is 8.98. The third-order valence-corrected chi connectivity index (χ3v) is 5.59.